The lowest BCUT2D eigenvalue weighted by atomic mass is 10.3. The van der Waals surface area contributed by atoms with Crippen LogP contribution in [0.2, 0.25) is 0 Å². The molecule has 2 aromatic heterocycles. The van der Waals surface area contributed by atoms with Gasteiger partial charge in [-0.05, 0) is 6.07 Å². The van der Waals surface area contributed by atoms with Gasteiger partial charge in [0.25, 0.3) is 5.56 Å². The zero-order valence-electron chi connectivity index (χ0n) is 11.8. The number of hydrogen-bond donors (Lipinski definition) is 0. The highest BCUT2D eigenvalue weighted by atomic mass is 16.6. The molecule has 0 unspecified atom stereocenters. The van der Waals surface area contributed by atoms with E-state index in [-0.39, 0.29) is 5.56 Å². The zero-order chi connectivity index (χ0) is 14.5. The zero-order valence-corrected chi connectivity index (χ0v) is 11.8. The summed E-state index contributed by atoms with van der Waals surface area (Å²) in [6.07, 6.45) is 3.30. The highest BCUT2D eigenvalue weighted by Gasteiger charge is 2.17. The van der Waals surface area contributed by atoms with E-state index in [0.717, 1.165) is 45.0 Å². The summed E-state index contributed by atoms with van der Waals surface area (Å²) in [5.41, 5.74) is 0.818. The molecule has 8 heteroatoms. The quantitative estimate of drug-likeness (QED) is 0.730. The number of aromatic nitrogens is 4. The molecule has 2 aromatic rings. The SMILES string of the molecule is O=c1cccnn1CCN1CCN(Cc2cnon2)CC1. The Morgan fingerprint density at radius 3 is 2.67 bits per heavy atom. The molecule has 0 saturated carbocycles. The minimum atomic E-state index is -0.0466. The lowest BCUT2D eigenvalue weighted by Crippen LogP contribution is -2.47. The van der Waals surface area contributed by atoms with E-state index in [0.29, 0.717) is 6.54 Å². The molecule has 3 rings (SSSR count). The molecule has 112 valence electrons. The normalized spacial score (nSPS) is 17.1. The number of piperazine rings is 1. The van der Waals surface area contributed by atoms with Crippen LogP contribution in [0.15, 0.2) is 33.9 Å². The van der Waals surface area contributed by atoms with Crippen molar-refractivity contribution in [3.8, 4) is 0 Å². The van der Waals surface area contributed by atoms with E-state index >= 15 is 0 Å². The van der Waals surface area contributed by atoms with Crippen molar-refractivity contribution in [2.45, 2.75) is 13.1 Å². The van der Waals surface area contributed by atoms with Crippen LogP contribution in [-0.2, 0) is 13.1 Å². The molecule has 3 heterocycles. The van der Waals surface area contributed by atoms with Crippen LogP contribution in [-0.4, -0.2) is 62.6 Å². The predicted octanol–water partition coefficient (Wildman–Crippen LogP) is -0.556. The molecule has 0 bridgehead atoms. The molecule has 1 aliphatic rings. The Hall–Kier alpha value is -2.06. The number of hydrogen-bond acceptors (Lipinski definition) is 7. The van der Waals surface area contributed by atoms with Crippen LogP contribution in [0.4, 0.5) is 0 Å². The smallest absolute Gasteiger partial charge is 0.266 e. The second-order valence-electron chi connectivity index (χ2n) is 5.10. The van der Waals surface area contributed by atoms with Crippen molar-refractivity contribution in [3.63, 3.8) is 0 Å². The maximum Gasteiger partial charge on any atom is 0.266 e. The molecule has 8 nitrogen and oxygen atoms in total. The third-order valence-electron chi connectivity index (χ3n) is 3.67. The Morgan fingerprint density at radius 1 is 1.14 bits per heavy atom. The van der Waals surface area contributed by atoms with Gasteiger partial charge in [-0.15, -0.1) is 0 Å². The monoisotopic (exact) mass is 290 g/mol. The van der Waals surface area contributed by atoms with Crippen LogP contribution in [0.5, 0.6) is 0 Å². The highest BCUT2D eigenvalue weighted by molar-refractivity contribution is 4.90. The van der Waals surface area contributed by atoms with Gasteiger partial charge in [0.1, 0.15) is 5.69 Å². The van der Waals surface area contributed by atoms with Gasteiger partial charge >= 0.3 is 0 Å². The van der Waals surface area contributed by atoms with Gasteiger partial charge in [-0.25, -0.2) is 9.31 Å². The Labute approximate surface area is 121 Å². The second-order valence-corrected chi connectivity index (χ2v) is 5.10. The maximum atomic E-state index is 11.6. The van der Waals surface area contributed by atoms with E-state index in [4.69, 9.17) is 0 Å². The third-order valence-corrected chi connectivity index (χ3v) is 3.67. The second kappa shape index (κ2) is 6.59. The van der Waals surface area contributed by atoms with E-state index in [2.05, 4.69) is 29.8 Å². The molecule has 1 fully saturated rings. The Bertz CT molecular complexity index is 603. The van der Waals surface area contributed by atoms with Crippen molar-refractivity contribution in [3.05, 3.63) is 40.6 Å². The summed E-state index contributed by atoms with van der Waals surface area (Å²) in [7, 11) is 0. The average Bonchev–Trinajstić information content (AvgIpc) is 3.01. The maximum absolute atomic E-state index is 11.6. The van der Waals surface area contributed by atoms with Gasteiger partial charge in [-0.2, -0.15) is 5.10 Å². The Morgan fingerprint density at radius 2 is 1.95 bits per heavy atom. The van der Waals surface area contributed by atoms with Crippen molar-refractivity contribution >= 4 is 0 Å². The predicted molar refractivity (Wildman–Crippen MR) is 74.5 cm³/mol. The molecule has 0 N–H and O–H groups in total. The Balaban J connectivity index is 1.44. The van der Waals surface area contributed by atoms with E-state index in [1.165, 1.54) is 10.7 Å². The molecule has 1 saturated heterocycles. The first-order chi connectivity index (χ1) is 10.3. The van der Waals surface area contributed by atoms with Crippen molar-refractivity contribution in [1.29, 1.82) is 0 Å². The molecular weight excluding hydrogens is 272 g/mol. The van der Waals surface area contributed by atoms with E-state index in [9.17, 15) is 4.79 Å². The summed E-state index contributed by atoms with van der Waals surface area (Å²) < 4.78 is 6.11. The van der Waals surface area contributed by atoms with Gasteiger partial charge in [0, 0.05) is 51.5 Å². The number of nitrogens with zero attached hydrogens (tertiary/aromatic N) is 6. The first kappa shape index (κ1) is 13.9. The molecule has 0 atom stereocenters. The summed E-state index contributed by atoms with van der Waals surface area (Å²) in [6.45, 7) is 6.16. The van der Waals surface area contributed by atoms with Crippen LogP contribution in [0.25, 0.3) is 0 Å². The van der Waals surface area contributed by atoms with E-state index in [1.807, 2.05) is 0 Å². The highest BCUT2D eigenvalue weighted by Crippen LogP contribution is 2.05. The van der Waals surface area contributed by atoms with Gasteiger partial charge in [0.2, 0.25) is 0 Å². The number of rotatable bonds is 5. The van der Waals surface area contributed by atoms with Gasteiger partial charge in [-0.3, -0.25) is 14.6 Å². The molecule has 0 radical (unpaired) electrons. The molecule has 0 aromatic carbocycles. The van der Waals surface area contributed by atoms with E-state index in [1.54, 1.807) is 18.5 Å². The lowest BCUT2D eigenvalue weighted by molar-refractivity contribution is 0.120. The van der Waals surface area contributed by atoms with Crippen LogP contribution in [0.1, 0.15) is 5.69 Å². The van der Waals surface area contributed by atoms with Crippen LogP contribution in [0, 0.1) is 0 Å². The first-order valence-electron chi connectivity index (χ1n) is 7.04. The van der Waals surface area contributed by atoms with Crippen molar-refractivity contribution < 1.29 is 4.63 Å². The fraction of sp³-hybridized carbons (Fsp3) is 0.538. The minimum Gasteiger partial charge on any atom is -0.299 e. The van der Waals surface area contributed by atoms with Crippen LogP contribution >= 0.6 is 0 Å². The summed E-state index contributed by atoms with van der Waals surface area (Å²) in [5, 5.41) is 11.5. The summed E-state index contributed by atoms with van der Waals surface area (Å²) in [4.78, 5) is 16.2. The summed E-state index contributed by atoms with van der Waals surface area (Å²) >= 11 is 0. The van der Waals surface area contributed by atoms with Crippen molar-refractivity contribution in [2.24, 2.45) is 0 Å². The van der Waals surface area contributed by atoms with Gasteiger partial charge in [0.15, 0.2) is 0 Å². The molecule has 0 aliphatic carbocycles. The molecule has 0 amide bonds. The molecule has 1 aliphatic heterocycles. The third kappa shape index (κ3) is 3.73. The first-order valence-corrected chi connectivity index (χ1v) is 7.04. The summed E-state index contributed by atoms with van der Waals surface area (Å²) in [5.74, 6) is 0. The van der Waals surface area contributed by atoms with Gasteiger partial charge in [-0.1, -0.05) is 10.3 Å². The topological polar surface area (TPSA) is 80.3 Å². The average molecular weight is 290 g/mol. The lowest BCUT2D eigenvalue weighted by Gasteiger charge is -2.34. The van der Waals surface area contributed by atoms with E-state index < -0.39 is 0 Å². The standard InChI is InChI=1S/C13H18N6O2/c20-13-2-1-3-14-19(13)9-8-17-4-6-18(7-5-17)11-12-10-15-21-16-12/h1-3,10H,4-9,11H2. The fourth-order valence-electron chi connectivity index (χ4n) is 2.45. The summed E-state index contributed by atoms with van der Waals surface area (Å²) in [6, 6.07) is 3.20. The van der Waals surface area contributed by atoms with Crippen LogP contribution in [0.3, 0.4) is 0 Å². The molecular formula is C13H18N6O2. The van der Waals surface area contributed by atoms with Crippen LogP contribution < -0.4 is 5.56 Å². The molecule has 0 spiro atoms. The Kier molecular flexibility index (Phi) is 4.37. The largest absolute Gasteiger partial charge is 0.299 e. The van der Waals surface area contributed by atoms with Gasteiger partial charge < -0.3 is 0 Å². The minimum absolute atomic E-state index is 0.0466. The van der Waals surface area contributed by atoms with Gasteiger partial charge in [0.05, 0.1) is 12.7 Å². The molecule has 21 heavy (non-hydrogen) atoms. The van der Waals surface area contributed by atoms with Crippen molar-refractivity contribution in [1.82, 2.24) is 29.9 Å². The van der Waals surface area contributed by atoms with Crippen molar-refractivity contribution in [2.75, 3.05) is 32.7 Å². The fourth-order valence-corrected chi connectivity index (χ4v) is 2.45.